The van der Waals surface area contributed by atoms with E-state index in [2.05, 4.69) is 9.97 Å². The fourth-order valence-electron chi connectivity index (χ4n) is 1.78. The Morgan fingerprint density at radius 1 is 0.682 bits per heavy atom. The molecule has 2 aromatic heterocycles. The van der Waals surface area contributed by atoms with Crippen molar-refractivity contribution in [2.24, 2.45) is 0 Å². The maximum Gasteiger partial charge on any atom is 0.0886 e. The minimum Gasteiger partial charge on any atom is -0.383 e. The van der Waals surface area contributed by atoms with Gasteiger partial charge in [-0.25, -0.2) is 0 Å². The summed E-state index contributed by atoms with van der Waals surface area (Å²) in [6, 6.07) is 8.08. The van der Waals surface area contributed by atoms with Gasteiger partial charge in [0, 0.05) is 40.6 Å². The maximum atomic E-state index is 4.47. The summed E-state index contributed by atoms with van der Waals surface area (Å²) in [5.74, 6) is 0. The summed E-state index contributed by atoms with van der Waals surface area (Å²) >= 11 is 0. The molecule has 0 radical (unpaired) electrons. The minimum atomic E-state index is 0.880. The van der Waals surface area contributed by atoms with E-state index in [9.17, 15) is 0 Å². The standard InChI is InChI=1S/C18H22N4/c1-21(2)11-9-15-5-7-17(19-13-15)18-8-6-16(14-20-18)10-12-22(3)4/h5-14H,1-4H3/b11-9+,12-10+. The lowest BCUT2D eigenvalue weighted by Crippen LogP contribution is -1.99. The molecule has 0 aliphatic rings. The molecule has 0 spiro atoms. The Labute approximate surface area is 132 Å². The lowest BCUT2D eigenvalue weighted by molar-refractivity contribution is 0.567. The summed E-state index contributed by atoms with van der Waals surface area (Å²) < 4.78 is 0. The van der Waals surface area contributed by atoms with Crippen molar-refractivity contribution in [2.45, 2.75) is 0 Å². The Hall–Kier alpha value is -2.62. The summed E-state index contributed by atoms with van der Waals surface area (Å²) in [7, 11) is 7.98. The van der Waals surface area contributed by atoms with Crippen LogP contribution in [0.15, 0.2) is 49.1 Å². The molecule has 2 aromatic rings. The molecule has 0 aliphatic heterocycles. The van der Waals surface area contributed by atoms with Crippen LogP contribution in [0.2, 0.25) is 0 Å². The van der Waals surface area contributed by atoms with Crippen LogP contribution in [0.5, 0.6) is 0 Å². The lowest BCUT2D eigenvalue weighted by Gasteiger charge is -2.05. The average Bonchev–Trinajstić information content (AvgIpc) is 2.52. The van der Waals surface area contributed by atoms with Crippen LogP contribution >= 0.6 is 0 Å². The number of rotatable bonds is 5. The van der Waals surface area contributed by atoms with Gasteiger partial charge in [-0.3, -0.25) is 9.97 Å². The molecular weight excluding hydrogens is 272 g/mol. The molecule has 0 N–H and O–H groups in total. The number of hydrogen-bond acceptors (Lipinski definition) is 4. The molecular formula is C18H22N4. The van der Waals surface area contributed by atoms with Crippen LogP contribution in [-0.4, -0.2) is 48.0 Å². The van der Waals surface area contributed by atoms with E-state index in [1.54, 1.807) is 0 Å². The van der Waals surface area contributed by atoms with Crippen LogP contribution in [0.3, 0.4) is 0 Å². The van der Waals surface area contributed by atoms with Crippen molar-refractivity contribution in [1.82, 2.24) is 19.8 Å². The first-order valence-electron chi connectivity index (χ1n) is 7.16. The number of nitrogens with zero attached hydrogens (tertiary/aromatic N) is 4. The van der Waals surface area contributed by atoms with E-state index in [1.165, 1.54) is 0 Å². The first-order chi connectivity index (χ1) is 10.5. The van der Waals surface area contributed by atoms with Gasteiger partial charge in [-0.05, 0) is 47.8 Å². The molecule has 0 aliphatic carbocycles. The van der Waals surface area contributed by atoms with Crippen molar-refractivity contribution in [3.8, 4) is 11.4 Å². The Balaban J connectivity index is 2.11. The molecule has 0 aromatic carbocycles. The number of hydrogen-bond donors (Lipinski definition) is 0. The highest BCUT2D eigenvalue weighted by molar-refractivity contribution is 5.59. The maximum absolute atomic E-state index is 4.47. The average molecular weight is 294 g/mol. The third kappa shape index (κ3) is 4.74. The summed E-state index contributed by atoms with van der Waals surface area (Å²) in [5, 5.41) is 0. The van der Waals surface area contributed by atoms with Gasteiger partial charge in [0.05, 0.1) is 11.4 Å². The first-order valence-corrected chi connectivity index (χ1v) is 7.16. The van der Waals surface area contributed by atoms with E-state index in [1.807, 2.05) is 99.2 Å². The van der Waals surface area contributed by atoms with Gasteiger partial charge < -0.3 is 9.80 Å². The fourth-order valence-corrected chi connectivity index (χ4v) is 1.78. The second-order valence-electron chi connectivity index (χ2n) is 5.51. The van der Waals surface area contributed by atoms with Gasteiger partial charge in [-0.2, -0.15) is 0 Å². The van der Waals surface area contributed by atoms with Crippen molar-refractivity contribution in [1.29, 1.82) is 0 Å². The molecule has 0 unspecified atom stereocenters. The van der Waals surface area contributed by atoms with E-state index in [-0.39, 0.29) is 0 Å². The second kappa shape index (κ2) is 7.41. The summed E-state index contributed by atoms with van der Waals surface area (Å²) in [5.41, 5.74) is 3.90. The molecule has 0 atom stereocenters. The Kier molecular flexibility index (Phi) is 5.31. The molecule has 2 rings (SSSR count). The molecule has 0 fully saturated rings. The minimum absolute atomic E-state index is 0.880. The third-order valence-corrected chi connectivity index (χ3v) is 2.97. The summed E-state index contributed by atoms with van der Waals surface area (Å²) in [6.07, 6.45) is 11.8. The van der Waals surface area contributed by atoms with E-state index >= 15 is 0 Å². The molecule has 0 saturated heterocycles. The highest BCUT2D eigenvalue weighted by Gasteiger charge is 2.00. The van der Waals surface area contributed by atoms with Crippen LogP contribution in [0.25, 0.3) is 23.5 Å². The normalized spacial score (nSPS) is 11.3. The predicted molar refractivity (Wildman–Crippen MR) is 92.9 cm³/mol. The zero-order valence-electron chi connectivity index (χ0n) is 13.6. The van der Waals surface area contributed by atoms with E-state index in [0.29, 0.717) is 0 Å². The third-order valence-electron chi connectivity index (χ3n) is 2.97. The first kappa shape index (κ1) is 15.8. The van der Waals surface area contributed by atoms with Crippen LogP contribution in [0.4, 0.5) is 0 Å². The monoisotopic (exact) mass is 294 g/mol. The highest BCUT2D eigenvalue weighted by atomic mass is 15.0. The highest BCUT2D eigenvalue weighted by Crippen LogP contribution is 2.16. The molecule has 114 valence electrons. The van der Waals surface area contributed by atoms with Gasteiger partial charge in [0.25, 0.3) is 0 Å². The van der Waals surface area contributed by atoms with E-state index in [0.717, 1.165) is 22.5 Å². The van der Waals surface area contributed by atoms with Crippen LogP contribution < -0.4 is 0 Å². The second-order valence-corrected chi connectivity index (χ2v) is 5.51. The topological polar surface area (TPSA) is 32.3 Å². The smallest absolute Gasteiger partial charge is 0.0886 e. The van der Waals surface area contributed by atoms with Gasteiger partial charge in [0.15, 0.2) is 0 Å². The fraction of sp³-hybridized carbons (Fsp3) is 0.222. The molecule has 2 heterocycles. The molecule has 4 heteroatoms. The Morgan fingerprint density at radius 2 is 1.09 bits per heavy atom. The van der Waals surface area contributed by atoms with Gasteiger partial charge in [0.2, 0.25) is 0 Å². The van der Waals surface area contributed by atoms with Crippen LogP contribution in [-0.2, 0) is 0 Å². The summed E-state index contributed by atoms with van der Waals surface area (Å²) in [4.78, 5) is 12.9. The van der Waals surface area contributed by atoms with Crippen molar-refractivity contribution in [3.05, 3.63) is 60.2 Å². The molecule has 0 amide bonds. The zero-order valence-corrected chi connectivity index (χ0v) is 13.6. The lowest BCUT2D eigenvalue weighted by atomic mass is 10.2. The quantitative estimate of drug-likeness (QED) is 0.847. The van der Waals surface area contributed by atoms with Gasteiger partial charge in [0.1, 0.15) is 0 Å². The number of pyridine rings is 2. The van der Waals surface area contributed by atoms with Gasteiger partial charge in [-0.15, -0.1) is 0 Å². The van der Waals surface area contributed by atoms with Crippen molar-refractivity contribution in [2.75, 3.05) is 28.2 Å². The van der Waals surface area contributed by atoms with Gasteiger partial charge in [-0.1, -0.05) is 12.1 Å². The molecule has 0 saturated carbocycles. The van der Waals surface area contributed by atoms with Crippen LogP contribution in [0, 0.1) is 0 Å². The van der Waals surface area contributed by atoms with Crippen molar-refractivity contribution >= 4 is 12.2 Å². The number of aromatic nitrogens is 2. The molecule has 0 bridgehead atoms. The zero-order chi connectivity index (χ0) is 15.9. The van der Waals surface area contributed by atoms with E-state index in [4.69, 9.17) is 0 Å². The largest absolute Gasteiger partial charge is 0.383 e. The summed E-state index contributed by atoms with van der Waals surface area (Å²) in [6.45, 7) is 0. The van der Waals surface area contributed by atoms with Gasteiger partial charge >= 0.3 is 0 Å². The van der Waals surface area contributed by atoms with Crippen molar-refractivity contribution in [3.63, 3.8) is 0 Å². The van der Waals surface area contributed by atoms with Crippen LogP contribution in [0.1, 0.15) is 11.1 Å². The molecule has 4 nitrogen and oxygen atoms in total. The Bertz CT molecular complexity index is 578. The molecule has 22 heavy (non-hydrogen) atoms. The van der Waals surface area contributed by atoms with E-state index < -0.39 is 0 Å². The van der Waals surface area contributed by atoms with Crippen molar-refractivity contribution < 1.29 is 0 Å². The predicted octanol–water partition coefficient (Wildman–Crippen LogP) is 3.21. The SMILES string of the molecule is CN(C)/C=C/c1ccc(-c2ccc(/C=C/N(C)C)cn2)nc1. The Morgan fingerprint density at radius 3 is 1.36 bits per heavy atom.